The molecule has 0 saturated carbocycles. The van der Waals surface area contributed by atoms with Crippen LogP contribution in [-0.4, -0.2) is 39.6 Å². The number of aromatic nitrogens is 2. The van der Waals surface area contributed by atoms with Gasteiger partial charge in [-0.1, -0.05) is 29.8 Å². The van der Waals surface area contributed by atoms with E-state index in [0.717, 1.165) is 16.8 Å². The molecule has 10 nitrogen and oxygen atoms in total. The van der Waals surface area contributed by atoms with Gasteiger partial charge < -0.3 is 14.4 Å². The molecule has 0 fully saturated rings. The summed E-state index contributed by atoms with van der Waals surface area (Å²) < 4.78 is 36.4. The molecule has 40 heavy (non-hydrogen) atoms. The van der Waals surface area contributed by atoms with Crippen LogP contribution in [0, 0.1) is 20.8 Å². The molecule has 0 amide bonds. The third kappa shape index (κ3) is 7.71. The lowest BCUT2D eigenvalue weighted by Gasteiger charge is -2.16. The minimum absolute atomic E-state index is 0.0153. The third-order valence-corrected chi connectivity index (χ3v) is 6.86. The maximum absolute atomic E-state index is 12.5. The Labute approximate surface area is 231 Å². The van der Waals surface area contributed by atoms with Crippen molar-refractivity contribution < 1.29 is 32.4 Å². The number of carboxylic acid groups (broad SMARTS) is 1. The SMILES string of the molecule is Cc1ccc(C(C)n2ccc(OC(=O)c3cc(C(=O)O)ccc3C)cc2=O)cn1.Cc1ccc(S(=O)(=O)O)cc1. The van der Waals surface area contributed by atoms with Crippen LogP contribution in [0.3, 0.4) is 0 Å². The Hall–Kier alpha value is -4.61. The van der Waals surface area contributed by atoms with E-state index in [4.69, 9.17) is 14.4 Å². The van der Waals surface area contributed by atoms with Gasteiger partial charge in [-0.3, -0.25) is 14.3 Å². The number of carbonyl (C=O) groups excluding carboxylic acids is 1. The van der Waals surface area contributed by atoms with Gasteiger partial charge in [0, 0.05) is 24.2 Å². The van der Waals surface area contributed by atoms with Crippen molar-refractivity contribution in [2.24, 2.45) is 0 Å². The van der Waals surface area contributed by atoms with Gasteiger partial charge in [-0.05, 0) is 75.2 Å². The van der Waals surface area contributed by atoms with E-state index >= 15 is 0 Å². The van der Waals surface area contributed by atoms with Crippen molar-refractivity contribution in [2.45, 2.75) is 38.6 Å². The number of rotatable bonds is 6. The zero-order chi connectivity index (χ0) is 29.6. The van der Waals surface area contributed by atoms with Gasteiger partial charge in [-0.2, -0.15) is 8.42 Å². The number of carbonyl (C=O) groups is 2. The van der Waals surface area contributed by atoms with E-state index in [2.05, 4.69) is 4.98 Å². The Kier molecular flexibility index (Phi) is 9.35. The number of ether oxygens (including phenoxy) is 1. The Morgan fingerprint density at radius 3 is 2.17 bits per heavy atom. The summed E-state index contributed by atoms with van der Waals surface area (Å²) in [6.45, 7) is 7.28. The van der Waals surface area contributed by atoms with Gasteiger partial charge in [-0.15, -0.1) is 0 Å². The number of nitrogens with zero attached hydrogens (tertiary/aromatic N) is 2. The van der Waals surface area contributed by atoms with E-state index in [1.165, 1.54) is 47.0 Å². The molecule has 4 aromatic rings. The number of aryl methyl sites for hydroxylation is 3. The summed E-state index contributed by atoms with van der Waals surface area (Å²) in [5.74, 6) is -1.77. The van der Waals surface area contributed by atoms with E-state index in [-0.39, 0.29) is 33.4 Å². The number of pyridine rings is 2. The second-order valence-corrected chi connectivity index (χ2v) is 10.5. The van der Waals surface area contributed by atoms with Crippen LogP contribution < -0.4 is 10.3 Å². The minimum Gasteiger partial charge on any atom is -0.478 e. The molecule has 2 heterocycles. The first kappa shape index (κ1) is 29.9. The van der Waals surface area contributed by atoms with Gasteiger partial charge in [0.1, 0.15) is 5.75 Å². The summed E-state index contributed by atoms with van der Waals surface area (Å²) in [7, 11) is -4.02. The molecule has 0 spiro atoms. The number of aromatic carboxylic acids is 1. The van der Waals surface area contributed by atoms with E-state index in [9.17, 15) is 22.8 Å². The highest BCUT2D eigenvalue weighted by Gasteiger charge is 2.16. The fraction of sp³-hybridized carbons (Fsp3) is 0.172. The van der Waals surface area contributed by atoms with Crippen molar-refractivity contribution in [2.75, 3.05) is 0 Å². The highest BCUT2D eigenvalue weighted by Crippen LogP contribution is 2.19. The van der Waals surface area contributed by atoms with Crippen molar-refractivity contribution >= 4 is 22.1 Å². The summed E-state index contributed by atoms with van der Waals surface area (Å²) in [5, 5.41) is 9.10. The molecule has 0 bridgehead atoms. The van der Waals surface area contributed by atoms with Gasteiger partial charge in [0.05, 0.1) is 22.1 Å². The summed E-state index contributed by atoms with van der Waals surface area (Å²) >= 11 is 0. The largest absolute Gasteiger partial charge is 0.478 e. The Balaban J connectivity index is 0.000000336. The molecule has 2 aromatic heterocycles. The number of benzene rings is 2. The topological polar surface area (TPSA) is 153 Å². The van der Waals surface area contributed by atoms with Crippen LogP contribution in [0.15, 0.2) is 88.8 Å². The maximum atomic E-state index is 12.5. The molecule has 11 heteroatoms. The number of esters is 1. The van der Waals surface area contributed by atoms with Gasteiger partial charge >= 0.3 is 11.9 Å². The van der Waals surface area contributed by atoms with Gasteiger partial charge in [0.25, 0.3) is 15.7 Å². The van der Waals surface area contributed by atoms with Crippen LogP contribution >= 0.6 is 0 Å². The lowest BCUT2D eigenvalue weighted by Crippen LogP contribution is -2.23. The van der Waals surface area contributed by atoms with Crippen molar-refractivity contribution in [3.05, 3.63) is 123 Å². The fourth-order valence-corrected chi connectivity index (χ4v) is 4.07. The molecule has 1 unspecified atom stereocenters. The summed E-state index contributed by atoms with van der Waals surface area (Å²) in [6.07, 6.45) is 3.27. The van der Waals surface area contributed by atoms with Gasteiger partial charge in [-0.25, -0.2) is 9.59 Å². The third-order valence-electron chi connectivity index (χ3n) is 5.99. The van der Waals surface area contributed by atoms with Gasteiger partial charge in [0.2, 0.25) is 0 Å². The first-order valence-corrected chi connectivity index (χ1v) is 13.5. The highest BCUT2D eigenvalue weighted by molar-refractivity contribution is 7.85. The van der Waals surface area contributed by atoms with Crippen molar-refractivity contribution in [1.29, 1.82) is 0 Å². The second kappa shape index (κ2) is 12.5. The predicted molar refractivity (Wildman–Crippen MR) is 148 cm³/mol. The first-order valence-electron chi connectivity index (χ1n) is 12.0. The highest BCUT2D eigenvalue weighted by atomic mass is 32.2. The smallest absolute Gasteiger partial charge is 0.343 e. The van der Waals surface area contributed by atoms with Gasteiger partial charge in [0.15, 0.2) is 0 Å². The zero-order valence-electron chi connectivity index (χ0n) is 22.2. The molecule has 208 valence electrons. The molecule has 2 aromatic carbocycles. The van der Waals surface area contributed by atoms with Crippen LogP contribution in [0.2, 0.25) is 0 Å². The second-order valence-electron chi connectivity index (χ2n) is 9.03. The first-order chi connectivity index (χ1) is 18.8. The molecule has 2 N–H and O–H groups in total. The molecule has 0 aliphatic rings. The van der Waals surface area contributed by atoms with E-state index in [1.807, 2.05) is 32.9 Å². The van der Waals surface area contributed by atoms with E-state index in [1.54, 1.807) is 31.5 Å². The molecule has 0 aliphatic carbocycles. The molecule has 1 atom stereocenters. The standard InChI is InChI=1S/C22H20N2O5.C7H8O3S/c1-13-4-6-16(21(26)27)10-19(13)22(28)29-18-8-9-24(20(25)11-18)15(3)17-7-5-14(2)23-12-17;1-6-2-4-7(5-3-6)11(8,9)10/h4-12,15H,1-3H3,(H,26,27);2-5H,1H3,(H,8,9,10). The average Bonchev–Trinajstić information content (AvgIpc) is 2.89. The monoisotopic (exact) mass is 564 g/mol. The van der Waals surface area contributed by atoms with Crippen LogP contribution in [-0.2, 0) is 10.1 Å². The average molecular weight is 565 g/mol. The van der Waals surface area contributed by atoms with E-state index in [0.29, 0.717) is 5.56 Å². The molecule has 0 saturated heterocycles. The number of carboxylic acids is 1. The van der Waals surface area contributed by atoms with Crippen molar-refractivity contribution in [1.82, 2.24) is 9.55 Å². The summed E-state index contributed by atoms with van der Waals surface area (Å²) in [4.78, 5) is 40.3. The molecular weight excluding hydrogens is 536 g/mol. The lowest BCUT2D eigenvalue weighted by molar-refractivity contribution is 0.0697. The quantitative estimate of drug-likeness (QED) is 0.252. The van der Waals surface area contributed by atoms with Crippen LogP contribution in [0.25, 0.3) is 0 Å². The summed E-state index contributed by atoms with van der Waals surface area (Å²) in [6, 6.07) is 16.5. The zero-order valence-corrected chi connectivity index (χ0v) is 23.0. The number of hydrogen-bond donors (Lipinski definition) is 2. The Morgan fingerprint density at radius 2 is 1.62 bits per heavy atom. The summed E-state index contributed by atoms with van der Waals surface area (Å²) in [5.41, 5.74) is 3.08. The minimum atomic E-state index is -4.02. The maximum Gasteiger partial charge on any atom is 0.343 e. The Morgan fingerprint density at radius 1 is 0.950 bits per heavy atom. The fourth-order valence-electron chi connectivity index (χ4n) is 3.59. The Bertz CT molecular complexity index is 1690. The van der Waals surface area contributed by atoms with Crippen LogP contribution in [0.5, 0.6) is 5.75 Å². The number of hydrogen-bond acceptors (Lipinski definition) is 7. The predicted octanol–water partition coefficient (Wildman–Crippen LogP) is 4.63. The van der Waals surface area contributed by atoms with Crippen molar-refractivity contribution in [3.8, 4) is 5.75 Å². The molecular formula is C29H28N2O8S. The molecule has 0 aliphatic heterocycles. The van der Waals surface area contributed by atoms with Crippen LogP contribution in [0.4, 0.5) is 0 Å². The van der Waals surface area contributed by atoms with Crippen LogP contribution in [0.1, 0.15) is 56.1 Å². The van der Waals surface area contributed by atoms with E-state index < -0.39 is 22.1 Å². The molecule has 0 radical (unpaired) electrons. The lowest BCUT2D eigenvalue weighted by atomic mass is 10.1. The normalized spacial score (nSPS) is 11.6. The molecule has 4 rings (SSSR count). The van der Waals surface area contributed by atoms with Crippen molar-refractivity contribution in [3.63, 3.8) is 0 Å².